The number of aryl methyl sites for hydroxylation is 2. The lowest BCUT2D eigenvalue weighted by atomic mass is 10.2. The van der Waals surface area contributed by atoms with Crippen LogP contribution in [0.2, 0.25) is 0 Å². The lowest BCUT2D eigenvalue weighted by molar-refractivity contribution is 0.0755. The van der Waals surface area contributed by atoms with Crippen LogP contribution in [0.5, 0.6) is 0 Å². The van der Waals surface area contributed by atoms with Gasteiger partial charge in [-0.05, 0) is 18.6 Å². The highest BCUT2D eigenvalue weighted by atomic mass is 19.1. The molecule has 0 saturated carbocycles. The van der Waals surface area contributed by atoms with Crippen LogP contribution in [0.25, 0.3) is 10.9 Å². The first kappa shape index (κ1) is 13.1. The Morgan fingerprint density at radius 1 is 1.40 bits per heavy atom. The molecule has 0 aliphatic carbocycles. The van der Waals surface area contributed by atoms with Crippen LogP contribution in [0.3, 0.4) is 0 Å². The second kappa shape index (κ2) is 4.59. The molecule has 20 heavy (non-hydrogen) atoms. The van der Waals surface area contributed by atoms with Gasteiger partial charge < -0.3 is 14.6 Å². The number of amides is 1. The first-order valence-electron chi connectivity index (χ1n) is 6.65. The summed E-state index contributed by atoms with van der Waals surface area (Å²) in [6.07, 6.45) is -2.43. The molecule has 1 aromatic carbocycles. The number of halogens is 1. The average molecular weight is 276 g/mol. The van der Waals surface area contributed by atoms with Crippen molar-refractivity contribution in [3.8, 4) is 0 Å². The third-order valence-corrected chi connectivity index (χ3v) is 3.98. The number of nitrogens with zero attached hydrogens (tertiary/aromatic N) is 2. The van der Waals surface area contributed by atoms with E-state index in [4.69, 9.17) is 0 Å². The summed E-state index contributed by atoms with van der Waals surface area (Å²) in [4.78, 5) is 13.8. The summed E-state index contributed by atoms with van der Waals surface area (Å²) in [5, 5.41) is 10.4. The van der Waals surface area contributed by atoms with Crippen molar-refractivity contribution in [2.45, 2.75) is 19.2 Å². The van der Waals surface area contributed by atoms with Crippen LogP contribution in [0.15, 0.2) is 24.3 Å². The van der Waals surface area contributed by atoms with Crippen molar-refractivity contribution in [2.75, 3.05) is 13.1 Å². The molecule has 5 heteroatoms. The van der Waals surface area contributed by atoms with Crippen LogP contribution in [0.4, 0.5) is 4.39 Å². The number of aromatic nitrogens is 1. The van der Waals surface area contributed by atoms with E-state index >= 15 is 0 Å². The van der Waals surface area contributed by atoms with E-state index in [1.807, 2.05) is 42.8 Å². The number of para-hydroxylation sites is 1. The van der Waals surface area contributed by atoms with Gasteiger partial charge in [0.15, 0.2) is 0 Å². The second-order valence-corrected chi connectivity index (χ2v) is 5.39. The topological polar surface area (TPSA) is 45.5 Å². The van der Waals surface area contributed by atoms with Gasteiger partial charge in [-0.15, -0.1) is 0 Å². The third-order valence-electron chi connectivity index (χ3n) is 3.98. The Labute approximate surface area is 116 Å². The van der Waals surface area contributed by atoms with Gasteiger partial charge in [0.2, 0.25) is 0 Å². The average Bonchev–Trinajstić information content (AvgIpc) is 2.91. The Hall–Kier alpha value is -1.88. The molecule has 0 unspecified atom stereocenters. The Bertz CT molecular complexity index is 670. The zero-order valence-corrected chi connectivity index (χ0v) is 11.5. The van der Waals surface area contributed by atoms with E-state index in [0.29, 0.717) is 5.69 Å². The molecule has 2 heterocycles. The molecule has 1 fully saturated rings. The van der Waals surface area contributed by atoms with Crippen LogP contribution in [-0.4, -0.2) is 45.8 Å². The van der Waals surface area contributed by atoms with E-state index in [-0.39, 0.29) is 19.0 Å². The number of carbonyl (C=O) groups excluding carboxylic acids is 1. The smallest absolute Gasteiger partial charge is 0.270 e. The summed E-state index contributed by atoms with van der Waals surface area (Å²) in [5.74, 6) is -0.234. The van der Waals surface area contributed by atoms with Gasteiger partial charge in [0, 0.05) is 19.0 Å². The van der Waals surface area contributed by atoms with E-state index in [1.165, 1.54) is 4.90 Å². The predicted octanol–water partition coefficient (Wildman–Crippen LogP) is 1.64. The zero-order valence-electron chi connectivity index (χ0n) is 11.5. The Morgan fingerprint density at radius 2 is 2.15 bits per heavy atom. The van der Waals surface area contributed by atoms with E-state index < -0.39 is 12.3 Å². The Balaban J connectivity index is 2.01. The number of benzene rings is 1. The van der Waals surface area contributed by atoms with Crippen molar-refractivity contribution in [1.29, 1.82) is 0 Å². The lowest BCUT2D eigenvalue weighted by Gasteiger charge is -2.15. The maximum Gasteiger partial charge on any atom is 0.270 e. The molecular formula is C15H17FN2O2. The molecule has 4 nitrogen and oxygen atoms in total. The normalized spacial score (nSPS) is 22.7. The molecule has 1 saturated heterocycles. The second-order valence-electron chi connectivity index (χ2n) is 5.39. The standard InChI is InChI=1S/C15H17FN2O2/c1-9-4-3-5-10-6-12(17(2)14(9)10)15(20)18-7-11(16)13(19)8-18/h3-6,11,13,19H,7-8H2,1-2H3/t11-,13-/m1/s1. The molecule has 1 amide bonds. The zero-order chi connectivity index (χ0) is 14.4. The molecule has 2 aromatic rings. The minimum atomic E-state index is -1.35. The molecule has 1 aliphatic heterocycles. The van der Waals surface area contributed by atoms with Crippen molar-refractivity contribution < 1.29 is 14.3 Å². The molecule has 3 rings (SSSR count). The van der Waals surface area contributed by atoms with Crippen molar-refractivity contribution in [3.05, 3.63) is 35.5 Å². The summed E-state index contributed by atoms with van der Waals surface area (Å²) >= 11 is 0. The van der Waals surface area contributed by atoms with E-state index in [9.17, 15) is 14.3 Å². The highest BCUT2D eigenvalue weighted by Crippen LogP contribution is 2.24. The van der Waals surface area contributed by atoms with Crippen molar-refractivity contribution in [1.82, 2.24) is 9.47 Å². The summed E-state index contributed by atoms with van der Waals surface area (Å²) in [7, 11) is 1.84. The minimum absolute atomic E-state index is 0.0412. The first-order chi connectivity index (χ1) is 9.49. The molecule has 1 N–H and O–H groups in total. The van der Waals surface area contributed by atoms with Gasteiger partial charge in [-0.1, -0.05) is 18.2 Å². The Kier molecular flexibility index (Phi) is 3.01. The minimum Gasteiger partial charge on any atom is -0.388 e. The monoisotopic (exact) mass is 276 g/mol. The quantitative estimate of drug-likeness (QED) is 0.860. The van der Waals surface area contributed by atoms with Gasteiger partial charge in [0.25, 0.3) is 5.91 Å². The van der Waals surface area contributed by atoms with Gasteiger partial charge in [0.1, 0.15) is 18.0 Å². The van der Waals surface area contributed by atoms with E-state index in [1.54, 1.807) is 0 Å². The summed E-state index contributed by atoms with van der Waals surface area (Å²) < 4.78 is 15.2. The van der Waals surface area contributed by atoms with Crippen LogP contribution >= 0.6 is 0 Å². The number of aliphatic hydroxyl groups excluding tert-OH is 1. The highest BCUT2D eigenvalue weighted by Gasteiger charge is 2.35. The fourth-order valence-electron chi connectivity index (χ4n) is 2.90. The highest BCUT2D eigenvalue weighted by molar-refractivity contribution is 5.99. The van der Waals surface area contributed by atoms with Crippen molar-refractivity contribution in [3.63, 3.8) is 0 Å². The van der Waals surface area contributed by atoms with Crippen LogP contribution in [-0.2, 0) is 7.05 Å². The summed E-state index contributed by atoms with van der Waals surface area (Å²) in [5.41, 5.74) is 2.62. The van der Waals surface area contributed by atoms with Crippen LogP contribution in [0, 0.1) is 6.92 Å². The maximum absolute atomic E-state index is 13.4. The summed E-state index contributed by atoms with van der Waals surface area (Å²) in [6, 6.07) is 7.72. The van der Waals surface area contributed by atoms with Gasteiger partial charge in [-0.2, -0.15) is 0 Å². The fourth-order valence-corrected chi connectivity index (χ4v) is 2.90. The number of hydrogen-bond donors (Lipinski definition) is 1. The van der Waals surface area contributed by atoms with Crippen molar-refractivity contribution in [2.24, 2.45) is 7.05 Å². The Morgan fingerprint density at radius 3 is 2.75 bits per heavy atom. The van der Waals surface area contributed by atoms with Gasteiger partial charge in [0.05, 0.1) is 12.1 Å². The molecule has 106 valence electrons. The molecular weight excluding hydrogens is 259 g/mol. The number of fused-ring (bicyclic) bond motifs is 1. The summed E-state index contributed by atoms with van der Waals surface area (Å²) in [6.45, 7) is 2.01. The van der Waals surface area contributed by atoms with Gasteiger partial charge >= 0.3 is 0 Å². The predicted molar refractivity (Wildman–Crippen MR) is 74.5 cm³/mol. The van der Waals surface area contributed by atoms with Gasteiger partial charge in [-0.3, -0.25) is 4.79 Å². The number of alkyl halides is 1. The number of carbonyl (C=O) groups is 1. The fraction of sp³-hybridized carbons (Fsp3) is 0.400. The third kappa shape index (κ3) is 1.89. The molecule has 2 atom stereocenters. The number of β-amino-alcohol motifs (C(OH)–C–C–N with tert-alkyl or cyclic N) is 1. The van der Waals surface area contributed by atoms with E-state index in [0.717, 1.165) is 16.5 Å². The number of aliphatic hydroxyl groups is 1. The molecule has 0 spiro atoms. The SMILES string of the molecule is Cc1cccc2cc(C(=O)N3C[C@@H](O)[C@H](F)C3)n(C)c12. The number of rotatable bonds is 1. The van der Waals surface area contributed by atoms with Crippen LogP contribution in [0.1, 0.15) is 16.1 Å². The molecule has 0 radical (unpaired) electrons. The van der Waals surface area contributed by atoms with Crippen LogP contribution < -0.4 is 0 Å². The van der Waals surface area contributed by atoms with Gasteiger partial charge in [-0.25, -0.2) is 4.39 Å². The maximum atomic E-state index is 13.4. The van der Waals surface area contributed by atoms with Crippen molar-refractivity contribution >= 4 is 16.8 Å². The molecule has 1 aliphatic rings. The number of hydrogen-bond acceptors (Lipinski definition) is 2. The lowest BCUT2D eigenvalue weighted by Crippen LogP contribution is -2.31. The first-order valence-corrected chi connectivity index (χ1v) is 6.65. The van der Waals surface area contributed by atoms with E-state index in [2.05, 4.69) is 0 Å². The molecule has 1 aromatic heterocycles. The number of likely N-dealkylation sites (tertiary alicyclic amines) is 1. The molecule has 0 bridgehead atoms. The largest absolute Gasteiger partial charge is 0.388 e.